The molecule has 1 aromatic carbocycles. The van der Waals surface area contributed by atoms with Crippen molar-refractivity contribution >= 4 is 5.91 Å². The summed E-state index contributed by atoms with van der Waals surface area (Å²) >= 11 is 0. The van der Waals surface area contributed by atoms with Crippen LogP contribution in [0.1, 0.15) is 38.2 Å². The zero-order valence-electron chi connectivity index (χ0n) is 12.7. The quantitative estimate of drug-likeness (QED) is 0.673. The van der Waals surface area contributed by atoms with Crippen LogP contribution in [0.4, 0.5) is 0 Å². The zero-order chi connectivity index (χ0) is 15.3. The van der Waals surface area contributed by atoms with Crippen LogP contribution in [0, 0.1) is 11.3 Å². The topological polar surface area (TPSA) is 62.1 Å². The second-order valence-electron chi connectivity index (χ2n) is 4.99. The lowest BCUT2D eigenvalue weighted by Crippen LogP contribution is -2.33. The van der Waals surface area contributed by atoms with Gasteiger partial charge in [-0.1, -0.05) is 43.7 Å². The number of nitrogens with one attached hydrogen (secondary N) is 1. The Morgan fingerprint density at radius 1 is 1.33 bits per heavy atom. The average molecular weight is 288 g/mol. The molecular weight excluding hydrogens is 264 g/mol. The Bertz CT molecular complexity index is 440. The molecule has 0 unspecified atom stereocenters. The van der Waals surface area contributed by atoms with Gasteiger partial charge in [-0.2, -0.15) is 5.26 Å². The maximum atomic E-state index is 11.6. The molecule has 1 rings (SSSR count). The minimum Gasteiger partial charge on any atom is -0.381 e. The first-order valence-corrected chi connectivity index (χ1v) is 7.57. The van der Waals surface area contributed by atoms with E-state index in [1.165, 1.54) is 5.56 Å². The molecule has 1 amide bonds. The zero-order valence-corrected chi connectivity index (χ0v) is 12.7. The number of rotatable bonds is 10. The molecule has 0 bridgehead atoms. The SMILES string of the molecule is CCC[C@H](C#N)NC(=O)CCCOCCc1ccccc1. The van der Waals surface area contributed by atoms with Gasteiger partial charge in [0, 0.05) is 13.0 Å². The first kappa shape index (κ1) is 17.2. The van der Waals surface area contributed by atoms with Crippen LogP contribution in [0.3, 0.4) is 0 Å². The predicted molar refractivity (Wildman–Crippen MR) is 82.7 cm³/mol. The Hall–Kier alpha value is -1.86. The van der Waals surface area contributed by atoms with Crippen LogP contribution in [0.2, 0.25) is 0 Å². The number of nitriles is 1. The molecule has 1 N–H and O–H groups in total. The van der Waals surface area contributed by atoms with E-state index in [4.69, 9.17) is 10.00 Å². The van der Waals surface area contributed by atoms with Crippen LogP contribution in [0.25, 0.3) is 0 Å². The third kappa shape index (κ3) is 8.11. The molecule has 4 nitrogen and oxygen atoms in total. The van der Waals surface area contributed by atoms with Gasteiger partial charge < -0.3 is 10.1 Å². The van der Waals surface area contributed by atoms with Gasteiger partial charge in [-0.3, -0.25) is 4.79 Å². The lowest BCUT2D eigenvalue weighted by atomic mass is 10.2. The van der Waals surface area contributed by atoms with Gasteiger partial charge in [-0.25, -0.2) is 0 Å². The van der Waals surface area contributed by atoms with Crippen molar-refractivity contribution in [3.63, 3.8) is 0 Å². The highest BCUT2D eigenvalue weighted by Gasteiger charge is 2.09. The molecule has 0 spiro atoms. The van der Waals surface area contributed by atoms with Crippen molar-refractivity contribution in [2.24, 2.45) is 0 Å². The van der Waals surface area contributed by atoms with Crippen LogP contribution >= 0.6 is 0 Å². The number of carbonyl (C=O) groups excluding carboxylic acids is 1. The Morgan fingerprint density at radius 3 is 2.76 bits per heavy atom. The molecule has 0 aliphatic carbocycles. The van der Waals surface area contributed by atoms with Crippen molar-refractivity contribution in [3.8, 4) is 6.07 Å². The standard InChI is InChI=1S/C17H24N2O2/c1-2-7-16(14-18)19-17(20)10-6-12-21-13-11-15-8-4-3-5-9-15/h3-5,8-9,16H,2,6-7,10-13H2,1H3,(H,19,20)/t16-/m1/s1. The lowest BCUT2D eigenvalue weighted by Gasteiger charge is -2.10. The van der Waals surface area contributed by atoms with Crippen LogP contribution in [0.15, 0.2) is 30.3 Å². The second kappa shape index (κ2) is 10.9. The van der Waals surface area contributed by atoms with Crippen LogP contribution in [-0.4, -0.2) is 25.2 Å². The summed E-state index contributed by atoms with van der Waals surface area (Å²) in [5.74, 6) is -0.0679. The van der Waals surface area contributed by atoms with E-state index in [0.29, 0.717) is 32.5 Å². The summed E-state index contributed by atoms with van der Waals surface area (Å²) < 4.78 is 5.52. The van der Waals surface area contributed by atoms with Crippen LogP contribution < -0.4 is 5.32 Å². The molecular formula is C17H24N2O2. The number of nitrogens with zero attached hydrogens (tertiary/aromatic N) is 1. The van der Waals surface area contributed by atoms with Gasteiger partial charge in [0.05, 0.1) is 12.7 Å². The van der Waals surface area contributed by atoms with Crippen molar-refractivity contribution in [2.45, 2.75) is 45.1 Å². The van der Waals surface area contributed by atoms with Gasteiger partial charge in [0.2, 0.25) is 5.91 Å². The molecule has 0 aliphatic heterocycles. The maximum absolute atomic E-state index is 11.6. The van der Waals surface area contributed by atoms with E-state index in [2.05, 4.69) is 23.5 Å². The molecule has 0 saturated carbocycles. The van der Waals surface area contributed by atoms with Crippen molar-refractivity contribution in [2.75, 3.05) is 13.2 Å². The molecule has 1 aromatic rings. The van der Waals surface area contributed by atoms with E-state index in [1.54, 1.807) is 0 Å². The minimum absolute atomic E-state index is 0.0679. The van der Waals surface area contributed by atoms with Crippen molar-refractivity contribution in [1.82, 2.24) is 5.32 Å². The van der Waals surface area contributed by atoms with Gasteiger partial charge in [0.1, 0.15) is 6.04 Å². The van der Waals surface area contributed by atoms with Crippen molar-refractivity contribution < 1.29 is 9.53 Å². The van der Waals surface area contributed by atoms with E-state index >= 15 is 0 Å². The van der Waals surface area contributed by atoms with Gasteiger partial charge in [0.15, 0.2) is 0 Å². The highest BCUT2D eigenvalue weighted by molar-refractivity contribution is 5.76. The fourth-order valence-corrected chi connectivity index (χ4v) is 2.00. The Balaban J connectivity index is 2.03. The fraction of sp³-hybridized carbons (Fsp3) is 0.529. The molecule has 0 saturated heterocycles. The first-order valence-electron chi connectivity index (χ1n) is 7.57. The second-order valence-corrected chi connectivity index (χ2v) is 4.99. The number of benzene rings is 1. The van der Waals surface area contributed by atoms with E-state index in [9.17, 15) is 4.79 Å². The number of ether oxygens (including phenoxy) is 1. The summed E-state index contributed by atoms with van der Waals surface area (Å²) in [6.45, 7) is 3.24. The monoisotopic (exact) mass is 288 g/mol. The lowest BCUT2D eigenvalue weighted by molar-refractivity contribution is -0.121. The normalized spacial score (nSPS) is 11.6. The average Bonchev–Trinajstić information content (AvgIpc) is 2.51. The molecule has 4 heteroatoms. The molecule has 0 fully saturated rings. The van der Waals surface area contributed by atoms with Crippen LogP contribution in [-0.2, 0) is 16.0 Å². The van der Waals surface area contributed by atoms with Gasteiger partial charge in [-0.05, 0) is 24.8 Å². The molecule has 0 aliphatic rings. The van der Waals surface area contributed by atoms with Crippen LogP contribution in [0.5, 0.6) is 0 Å². The summed E-state index contributed by atoms with van der Waals surface area (Å²) in [6, 6.07) is 11.9. The van der Waals surface area contributed by atoms with E-state index in [0.717, 1.165) is 12.8 Å². The summed E-state index contributed by atoms with van der Waals surface area (Å²) in [5.41, 5.74) is 1.26. The Morgan fingerprint density at radius 2 is 2.10 bits per heavy atom. The minimum atomic E-state index is -0.360. The summed E-state index contributed by atoms with van der Waals surface area (Å²) in [5, 5.41) is 11.6. The van der Waals surface area contributed by atoms with E-state index in [-0.39, 0.29) is 11.9 Å². The number of amides is 1. The van der Waals surface area contributed by atoms with Gasteiger partial charge in [-0.15, -0.1) is 0 Å². The van der Waals surface area contributed by atoms with E-state index in [1.807, 2.05) is 25.1 Å². The summed E-state index contributed by atoms with van der Waals surface area (Å²) in [7, 11) is 0. The number of hydrogen-bond acceptors (Lipinski definition) is 3. The summed E-state index contributed by atoms with van der Waals surface area (Å²) in [6.07, 6.45) is 3.58. The molecule has 1 atom stereocenters. The highest BCUT2D eigenvalue weighted by Crippen LogP contribution is 2.01. The third-order valence-electron chi connectivity index (χ3n) is 3.14. The highest BCUT2D eigenvalue weighted by atomic mass is 16.5. The van der Waals surface area contributed by atoms with Crippen molar-refractivity contribution in [3.05, 3.63) is 35.9 Å². The molecule has 0 radical (unpaired) electrons. The largest absolute Gasteiger partial charge is 0.381 e. The Labute approximate surface area is 127 Å². The molecule has 0 aromatic heterocycles. The van der Waals surface area contributed by atoms with Crippen molar-refractivity contribution in [1.29, 1.82) is 5.26 Å². The molecule has 21 heavy (non-hydrogen) atoms. The van der Waals surface area contributed by atoms with E-state index < -0.39 is 0 Å². The third-order valence-corrected chi connectivity index (χ3v) is 3.14. The maximum Gasteiger partial charge on any atom is 0.221 e. The van der Waals surface area contributed by atoms with Gasteiger partial charge in [0.25, 0.3) is 0 Å². The Kier molecular flexibility index (Phi) is 8.90. The first-order chi connectivity index (χ1) is 10.3. The van der Waals surface area contributed by atoms with Gasteiger partial charge >= 0.3 is 0 Å². The molecule has 114 valence electrons. The predicted octanol–water partition coefficient (Wildman–Crippen LogP) is 2.83. The fourth-order valence-electron chi connectivity index (χ4n) is 2.00. The molecule has 0 heterocycles. The number of hydrogen-bond donors (Lipinski definition) is 1. The number of carbonyl (C=O) groups is 1. The smallest absolute Gasteiger partial charge is 0.221 e. The summed E-state index contributed by atoms with van der Waals surface area (Å²) in [4.78, 5) is 11.6.